The molecule has 0 amide bonds. The molecule has 134 valence electrons. The van der Waals surface area contributed by atoms with Crippen molar-refractivity contribution in [2.45, 2.75) is 6.04 Å². The maximum atomic E-state index is 13.3. The van der Waals surface area contributed by atoms with Crippen molar-refractivity contribution in [3.05, 3.63) is 46.9 Å². The number of nitrogens with zero attached hydrogens (tertiary/aromatic N) is 3. The summed E-state index contributed by atoms with van der Waals surface area (Å²) in [6, 6.07) is 5.89. The van der Waals surface area contributed by atoms with Gasteiger partial charge in [0.1, 0.15) is 5.82 Å². The minimum Gasteiger partial charge on any atom is -0.377 e. The number of pyridine rings is 1. The highest BCUT2D eigenvalue weighted by Gasteiger charge is 2.20. The molecule has 4 N–H and O–H groups in total. The van der Waals surface area contributed by atoms with Gasteiger partial charge in [-0.25, -0.2) is 14.4 Å². The van der Waals surface area contributed by atoms with Gasteiger partial charge in [-0.3, -0.25) is 10.7 Å². The molecule has 1 aliphatic rings. The van der Waals surface area contributed by atoms with Crippen molar-refractivity contribution < 1.29 is 14.3 Å². The number of hydrogen-bond donors (Lipinski definition) is 4. The van der Waals surface area contributed by atoms with Crippen LogP contribution >= 0.6 is 11.6 Å². The molecule has 1 aromatic carbocycles. The third kappa shape index (κ3) is 3.19. The van der Waals surface area contributed by atoms with E-state index < -0.39 is 5.82 Å². The highest BCUT2D eigenvalue weighted by molar-refractivity contribution is 6.31. The molecule has 0 aliphatic carbocycles. The molecule has 4 rings (SSSR count). The third-order valence-electron chi connectivity index (χ3n) is 3.88. The molecule has 2 aromatic heterocycles. The molecule has 0 spiro atoms. The normalized spacial score (nSPS) is 15.1. The van der Waals surface area contributed by atoms with Crippen LogP contribution < -0.4 is 10.8 Å². The Balaban J connectivity index is 1.72. The van der Waals surface area contributed by atoms with Gasteiger partial charge in [0.2, 0.25) is 5.95 Å². The first-order chi connectivity index (χ1) is 12.6. The number of anilines is 1. The molecule has 0 atom stereocenters. The fourth-order valence-corrected chi connectivity index (χ4v) is 2.69. The van der Waals surface area contributed by atoms with Crippen molar-refractivity contribution in [1.82, 2.24) is 20.4 Å². The second-order valence-electron chi connectivity index (χ2n) is 5.69. The summed E-state index contributed by atoms with van der Waals surface area (Å²) in [6.45, 7) is 1.24. The van der Waals surface area contributed by atoms with E-state index in [4.69, 9.17) is 16.3 Å². The van der Waals surface area contributed by atoms with Gasteiger partial charge in [0.25, 0.3) is 0 Å². The Hall–Kier alpha value is -2.75. The molecular formula is C16H14ClFN6O2. The summed E-state index contributed by atoms with van der Waals surface area (Å²) >= 11 is 5.78. The fraction of sp³-hybridized carbons (Fsp3) is 0.188. The molecule has 1 saturated heterocycles. The van der Waals surface area contributed by atoms with Crippen molar-refractivity contribution in [3.63, 3.8) is 0 Å². The summed E-state index contributed by atoms with van der Waals surface area (Å²) in [5, 5.41) is 12.7. The number of halogens is 2. The molecular weight excluding hydrogens is 363 g/mol. The van der Waals surface area contributed by atoms with Crippen LogP contribution in [0.25, 0.3) is 11.2 Å². The summed E-state index contributed by atoms with van der Waals surface area (Å²) in [7, 11) is 0. The van der Waals surface area contributed by atoms with E-state index >= 15 is 0 Å². The Labute approximate surface area is 152 Å². The Morgan fingerprint density at radius 1 is 1.38 bits per heavy atom. The minimum absolute atomic E-state index is 0.0563. The summed E-state index contributed by atoms with van der Waals surface area (Å²) in [5.74, 6) is 0.150. The van der Waals surface area contributed by atoms with Gasteiger partial charge in [-0.1, -0.05) is 11.6 Å². The molecule has 0 bridgehead atoms. The number of benzene rings is 1. The number of hydrogen-bond acceptors (Lipinski definition) is 6. The fourth-order valence-electron chi connectivity index (χ4n) is 2.52. The van der Waals surface area contributed by atoms with Crippen LogP contribution in [0.1, 0.15) is 5.56 Å². The van der Waals surface area contributed by atoms with Gasteiger partial charge in [-0.05, 0) is 24.3 Å². The summed E-state index contributed by atoms with van der Waals surface area (Å²) < 4.78 is 18.4. The number of nitrogens with one attached hydrogen (secondary N) is 3. The molecule has 10 heteroatoms. The molecule has 0 saturated carbocycles. The first-order valence-electron chi connectivity index (χ1n) is 7.77. The lowest BCUT2D eigenvalue weighted by Crippen LogP contribution is -2.40. The maximum Gasteiger partial charge on any atom is 0.203 e. The lowest BCUT2D eigenvalue weighted by molar-refractivity contribution is 0.0208. The largest absolute Gasteiger partial charge is 0.377 e. The Bertz CT molecular complexity index is 988. The van der Waals surface area contributed by atoms with E-state index in [1.54, 1.807) is 12.3 Å². The highest BCUT2D eigenvalue weighted by Crippen LogP contribution is 2.24. The molecule has 3 heterocycles. The number of ether oxygens (including phenoxy) is 1. The molecule has 0 unspecified atom stereocenters. The number of aromatic nitrogens is 3. The van der Waals surface area contributed by atoms with Crippen molar-refractivity contribution in [2.75, 3.05) is 18.5 Å². The Morgan fingerprint density at radius 2 is 2.23 bits per heavy atom. The second kappa shape index (κ2) is 6.87. The van der Waals surface area contributed by atoms with Crippen molar-refractivity contribution >= 4 is 40.2 Å². The topological polar surface area (TPSA) is 107 Å². The summed E-state index contributed by atoms with van der Waals surface area (Å²) in [6.07, 6.45) is 1.55. The predicted molar refractivity (Wildman–Crippen MR) is 94.6 cm³/mol. The first kappa shape index (κ1) is 16.7. The van der Waals surface area contributed by atoms with Crippen molar-refractivity contribution in [1.29, 1.82) is 0 Å². The Kier molecular flexibility index (Phi) is 4.41. The number of fused-ring (bicyclic) bond motifs is 1. The van der Waals surface area contributed by atoms with E-state index in [0.29, 0.717) is 41.6 Å². The molecule has 1 fully saturated rings. The number of imidazole rings is 1. The van der Waals surface area contributed by atoms with Gasteiger partial charge in [-0.15, -0.1) is 0 Å². The predicted octanol–water partition coefficient (Wildman–Crippen LogP) is 2.62. The molecule has 8 nitrogen and oxygen atoms in total. The van der Waals surface area contributed by atoms with Gasteiger partial charge in [0, 0.05) is 11.8 Å². The highest BCUT2D eigenvalue weighted by atomic mass is 35.5. The zero-order chi connectivity index (χ0) is 18.1. The number of amidine groups is 1. The lowest BCUT2D eigenvalue weighted by atomic mass is 10.2. The zero-order valence-corrected chi connectivity index (χ0v) is 14.1. The van der Waals surface area contributed by atoms with Crippen LogP contribution in [-0.2, 0) is 4.74 Å². The SMILES string of the molecule is ONC(=Nc1ccc(F)c(Cl)c1)c1ccnc2nc(NC3COC3)[nH]c12. The number of aromatic amines is 1. The van der Waals surface area contributed by atoms with Gasteiger partial charge in [0.15, 0.2) is 11.5 Å². The monoisotopic (exact) mass is 376 g/mol. The third-order valence-corrected chi connectivity index (χ3v) is 4.17. The number of H-pyrrole nitrogens is 1. The summed E-state index contributed by atoms with van der Waals surface area (Å²) in [4.78, 5) is 16.0. The van der Waals surface area contributed by atoms with Gasteiger partial charge >= 0.3 is 0 Å². The van der Waals surface area contributed by atoms with Crippen LogP contribution in [0.2, 0.25) is 5.02 Å². The van der Waals surface area contributed by atoms with E-state index in [1.807, 2.05) is 0 Å². The van der Waals surface area contributed by atoms with Crippen LogP contribution in [0.15, 0.2) is 35.5 Å². The number of aliphatic imine (C=N–C) groups is 1. The quantitative estimate of drug-likeness (QED) is 0.317. The van der Waals surface area contributed by atoms with Crippen LogP contribution in [0.3, 0.4) is 0 Å². The minimum atomic E-state index is -0.542. The zero-order valence-electron chi connectivity index (χ0n) is 13.3. The van der Waals surface area contributed by atoms with Crippen molar-refractivity contribution in [2.24, 2.45) is 4.99 Å². The number of rotatable bonds is 4. The van der Waals surface area contributed by atoms with E-state index in [0.717, 1.165) is 0 Å². The van der Waals surface area contributed by atoms with E-state index in [9.17, 15) is 9.60 Å². The van der Waals surface area contributed by atoms with E-state index in [2.05, 4.69) is 30.7 Å². The van der Waals surface area contributed by atoms with Gasteiger partial charge < -0.3 is 15.0 Å². The van der Waals surface area contributed by atoms with E-state index in [1.165, 1.54) is 18.2 Å². The molecule has 26 heavy (non-hydrogen) atoms. The van der Waals surface area contributed by atoms with Crippen LogP contribution in [0.5, 0.6) is 0 Å². The molecule has 1 aliphatic heterocycles. The Morgan fingerprint density at radius 3 is 2.92 bits per heavy atom. The second-order valence-corrected chi connectivity index (χ2v) is 6.10. The lowest BCUT2D eigenvalue weighted by Gasteiger charge is -2.26. The van der Waals surface area contributed by atoms with Crippen molar-refractivity contribution in [3.8, 4) is 0 Å². The standard InChI is InChI=1S/C16H14ClFN6O2/c17-11-5-8(1-2-12(11)18)20-14(24-25)10-3-4-19-15-13(10)22-16(23-15)21-9-6-26-7-9/h1-5,9,25H,6-7H2,(H,20,24)(H2,19,21,22,23). The van der Waals surface area contributed by atoms with E-state index in [-0.39, 0.29) is 16.9 Å². The summed E-state index contributed by atoms with van der Waals surface area (Å²) in [5.41, 5.74) is 4.03. The first-order valence-corrected chi connectivity index (χ1v) is 8.15. The average Bonchev–Trinajstić information content (AvgIpc) is 3.02. The number of hydroxylamine groups is 1. The molecule has 3 aromatic rings. The molecule has 0 radical (unpaired) electrons. The van der Waals surface area contributed by atoms with Crippen LogP contribution in [-0.4, -0.2) is 45.3 Å². The average molecular weight is 377 g/mol. The van der Waals surface area contributed by atoms with Crippen LogP contribution in [0, 0.1) is 5.82 Å². The van der Waals surface area contributed by atoms with Gasteiger partial charge in [-0.2, -0.15) is 4.98 Å². The smallest absolute Gasteiger partial charge is 0.203 e. The van der Waals surface area contributed by atoms with Crippen LogP contribution in [0.4, 0.5) is 16.0 Å². The maximum absolute atomic E-state index is 13.3. The van der Waals surface area contributed by atoms with Gasteiger partial charge in [0.05, 0.1) is 35.5 Å².